The summed E-state index contributed by atoms with van der Waals surface area (Å²) >= 11 is 7.30. The van der Waals surface area contributed by atoms with Crippen molar-refractivity contribution in [2.24, 2.45) is 0 Å². The lowest BCUT2D eigenvalue weighted by Gasteiger charge is -2.08. The van der Waals surface area contributed by atoms with Gasteiger partial charge in [0, 0.05) is 25.7 Å². The fourth-order valence-electron chi connectivity index (χ4n) is 3.73. The molecule has 2 amide bonds. The summed E-state index contributed by atoms with van der Waals surface area (Å²) in [5, 5.41) is 6.13. The maximum Gasteiger partial charge on any atom is 0.266 e. The van der Waals surface area contributed by atoms with Crippen molar-refractivity contribution >= 4 is 50.7 Å². The molecular weight excluding hydrogens is 424 g/mol. The van der Waals surface area contributed by atoms with Crippen LogP contribution in [0.5, 0.6) is 0 Å². The van der Waals surface area contributed by atoms with Crippen molar-refractivity contribution in [2.45, 2.75) is 39.2 Å². The Morgan fingerprint density at radius 1 is 1.20 bits per heavy atom. The number of aryl methyl sites for hydroxylation is 2. The topological polar surface area (TPSA) is 93.1 Å². The number of thiophene rings is 1. The quantitative estimate of drug-likeness (QED) is 0.643. The zero-order valence-electron chi connectivity index (χ0n) is 16.7. The Balaban J connectivity index is 1.71. The molecule has 0 bridgehead atoms. The van der Waals surface area contributed by atoms with Crippen LogP contribution in [0.1, 0.15) is 50.7 Å². The van der Waals surface area contributed by atoms with Gasteiger partial charge < -0.3 is 10.6 Å². The predicted molar refractivity (Wildman–Crippen MR) is 119 cm³/mol. The van der Waals surface area contributed by atoms with Gasteiger partial charge in [0.05, 0.1) is 20.8 Å². The Kier molecular flexibility index (Phi) is 5.62. The zero-order valence-corrected chi connectivity index (χ0v) is 18.2. The summed E-state index contributed by atoms with van der Waals surface area (Å²) in [6.45, 7) is 2.44. The van der Waals surface area contributed by atoms with Crippen molar-refractivity contribution in [3.8, 4) is 0 Å². The third kappa shape index (κ3) is 3.61. The summed E-state index contributed by atoms with van der Waals surface area (Å²) in [4.78, 5) is 43.7. The van der Waals surface area contributed by atoms with Crippen LogP contribution >= 0.6 is 22.9 Å². The van der Waals surface area contributed by atoms with Crippen LogP contribution in [0.15, 0.2) is 23.0 Å². The molecule has 0 radical (unpaired) electrons. The van der Waals surface area contributed by atoms with Gasteiger partial charge in [-0.3, -0.25) is 19.0 Å². The first-order valence-corrected chi connectivity index (χ1v) is 11.0. The van der Waals surface area contributed by atoms with E-state index in [9.17, 15) is 14.4 Å². The first-order chi connectivity index (χ1) is 14.4. The number of carbonyl (C=O) groups excluding carboxylic acids is 2. The van der Waals surface area contributed by atoms with E-state index in [2.05, 4.69) is 10.6 Å². The van der Waals surface area contributed by atoms with E-state index in [0.717, 1.165) is 31.5 Å². The number of nitrogens with zero attached hydrogens (tertiary/aromatic N) is 2. The molecule has 0 atom stereocenters. The minimum atomic E-state index is -0.347. The summed E-state index contributed by atoms with van der Waals surface area (Å²) in [5.74, 6) is 0.110. The Hall–Kier alpha value is -2.71. The minimum Gasteiger partial charge on any atom is -0.355 e. The second kappa shape index (κ2) is 8.20. The number of benzene rings is 1. The van der Waals surface area contributed by atoms with Crippen LogP contribution in [0.2, 0.25) is 5.02 Å². The summed E-state index contributed by atoms with van der Waals surface area (Å²) in [6, 6.07) is 4.71. The molecule has 0 fully saturated rings. The second-order valence-corrected chi connectivity index (χ2v) is 8.67. The summed E-state index contributed by atoms with van der Waals surface area (Å²) in [7, 11) is 1.51. The monoisotopic (exact) mass is 444 g/mol. The van der Waals surface area contributed by atoms with Crippen molar-refractivity contribution in [3.05, 3.63) is 55.4 Å². The van der Waals surface area contributed by atoms with Crippen LogP contribution in [0.4, 0.5) is 5.69 Å². The highest BCUT2D eigenvalue weighted by atomic mass is 35.5. The molecule has 1 aliphatic rings. The second-order valence-electron chi connectivity index (χ2n) is 7.26. The molecule has 0 aliphatic carbocycles. The van der Waals surface area contributed by atoms with Crippen molar-refractivity contribution in [1.29, 1.82) is 0 Å². The number of hydrogen-bond donors (Lipinski definition) is 2. The fraction of sp³-hybridized carbons (Fsp3) is 0.333. The average Bonchev–Trinajstić information content (AvgIpc) is 2.89. The molecule has 2 aromatic heterocycles. The van der Waals surface area contributed by atoms with Gasteiger partial charge in [0.15, 0.2) is 0 Å². The van der Waals surface area contributed by atoms with Gasteiger partial charge in [-0.05, 0) is 43.5 Å². The highest BCUT2D eigenvalue weighted by Crippen LogP contribution is 2.29. The average molecular weight is 445 g/mol. The number of carbonyl (C=O) groups is 2. The van der Waals surface area contributed by atoms with Gasteiger partial charge in [-0.25, -0.2) is 4.98 Å². The molecular formula is C21H21ClN4O3S. The van der Waals surface area contributed by atoms with Crippen LogP contribution in [-0.2, 0) is 13.0 Å². The van der Waals surface area contributed by atoms with Gasteiger partial charge in [0.2, 0.25) is 0 Å². The summed E-state index contributed by atoms with van der Waals surface area (Å²) < 4.78 is 1.76. The molecule has 7 nitrogen and oxygen atoms in total. The number of fused-ring (bicyclic) bond motifs is 2. The lowest BCUT2D eigenvalue weighted by Crippen LogP contribution is -2.24. The highest BCUT2D eigenvalue weighted by molar-refractivity contribution is 7.20. The SMILES string of the molecule is CNC(=O)c1cc(NC(=O)c2sc3nc4n(c(=O)c3c2C)CCCCC4)ccc1Cl. The van der Waals surface area contributed by atoms with E-state index >= 15 is 0 Å². The molecule has 156 valence electrons. The van der Waals surface area contributed by atoms with Crippen LogP contribution in [-0.4, -0.2) is 28.4 Å². The Bertz CT molecular complexity index is 1230. The van der Waals surface area contributed by atoms with Crippen LogP contribution < -0.4 is 16.2 Å². The van der Waals surface area contributed by atoms with Crippen LogP contribution in [0.3, 0.4) is 0 Å². The van der Waals surface area contributed by atoms with E-state index in [1.54, 1.807) is 23.6 Å². The number of aromatic nitrogens is 2. The maximum atomic E-state index is 13.1. The summed E-state index contributed by atoms with van der Waals surface area (Å²) in [6.07, 6.45) is 3.83. The molecule has 1 aliphatic heterocycles. The molecule has 30 heavy (non-hydrogen) atoms. The number of anilines is 1. The van der Waals surface area contributed by atoms with Crippen molar-refractivity contribution in [3.63, 3.8) is 0 Å². The van der Waals surface area contributed by atoms with E-state index in [0.29, 0.717) is 37.9 Å². The first-order valence-electron chi connectivity index (χ1n) is 9.76. The molecule has 0 spiro atoms. The minimum absolute atomic E-state index is 0.0712. The largest absolute Gasteiger partial charge is 0.355 e. The third-order valence-corrected chi connectivity index (χ3v) is 6.83. The van der Waals surface area contributed by atoms with Gasteiger partial charge in [0.1, 0.15) is 10.7 Å². The molecule has 0 unspecified atom stereocenters. The molecule has 0 saturated heterocycles. The van der Waals surface area contributed by atoms with Gasteiger partial charge in [-0.2, -0.15) is 0 Å². The predicted octanol–water partition coefficient (Wildman–Crippen LogP) is 3.76. The molecule has 1 aromatic carbocycles. The summed E-state index contributed by atoms with van der Waals surface area (Å²) in [5.41, 5.74) is 1.28. The number of nitrogens with one attached hydrogen (secondary N) is 2. The van der Waals surface area contributed by atoms with Crippen LogP contribution in [0.25, 0.3) is 10.2 Å². The van der Waals surface area contributed by atoms with Crippen molar-refractivity contribution in [1.82, 2.24) is 14.9 Å². The van der Waals surface area contributed by atoms with Gasteiger partial charge >= 0.3 is 0 Å². The number of hydrogen-bond acceptors (Lipinski definition) is 5. The van der Waals surface area contributed by atoms with Gasteiger partial charge in [-0.15, -0.1) is 11.3 Å². The van der Waals surface area contributed by atoms with Crippen molar-refractivity contribution in [2.75, 3.05) is 12.4 Å². The molecule has 3 heterocycles. The normalized spacial score (nSPS) is 13.6. The highest BCUT2D eigenvalue weighted by Gasteiger charge is 2.22. The zero-order chi connectivity index (χ0) is 21.4. The Morgan fingerprint density at radius 3 is 2.77 bits per heavy atom. The molecule has 2 N–H and O–H groups in total. The van der Waals surface area contributed by atoms with E-state index < -0.39 is 0 Å². The van der Waals surface area contributed by atoms with E-state index in [1.165, 1.54) is 24.5 Å². The Labute approximate surface area is 182 Å². The smallest absolute Gasteiger partial charge is 0.266 e. The van der Waals surface area contributed by atoms with Gasteiger partial charge in [0.25, 0.3) is 17.4 Å². The Morgan fingerprint density at radius 2 is 2.00 bits per heavy atom. The molecule has 3 aromatic rings. The standard InChI is InChI=1S/C21H21ClN4O3S/c1-11-16-20(25-15-6-4-3-5-9-26(15)21(16)29)30-17(11)19(28)24-12-7-8-14(22)13(10-12)18(27)23-2/h7-8,10H,3-6,9H2,1-2H3,(H,23,27)(H,24,28). The number of amides is 2. The maximum absolute atomic E-state index is 13.1. The molecule has 9 heteroatoms. The third-order valence-electron chi connectivity index (χ3n) is 5.31. The lowest BCUT2D eigenvalue weighted by atomic mass is 10.1. The fourth-order valence-corrected chi connectivity index (χ4v) is 5.02. The first kappa shape index (κ1) is 20.6. The van der Waals surface area contributed by atoms with E-state index in [4.69, 9.17) is 16.6 Å². The van der Waals surface area contributed by atoms with Crippen LogP contribution in [0, 0.1) is 6.92 Å². The molecule has 0 saturated carbocycles. The van der Waals surface area contributed by atoms with Crippen molar-refractivity contribution < 1.29 is 9.59 Å². The van der Waals surface area contributed by atoms with E-state index in [-0.39, 0.29) is 22.9 Å². The van der Waals surface area contributed by atoms with E-state index in [1.807, 2.05) is 0 Å². The number of rotatable bonds is 3. The van der Waals surface area contributed by atoms with Gasteiger partial charge in [-0.1, -0.05) is 18.0 Å². The number of halogens is 1. The molecule has 4 rings (SSSR count). The lowest BCUT2D eigenvalue weighted by molar-refractivity contribution is 0.0961.